The largest absolute Gasteiger partial charge is 0.375 e. The first-order valence-electron chi connectivity index (χ1n) is 5.60. The summed E-state index contributed by atoms with van der Waals surface area (Å²) in [6, 6.07) is 3.42. The third kappa shape index (κ3) is 2.50. The van der Waals surface area contributed by atoms with Crippen LogP contribution in [0.4, 0.5) is 13.9 Å². The lowest BCUT2D eigenvalue weighted by atomic mass is 10.2. The van der Waals surface area contributed by atoms with E-state index in [1.165, 1.54) is 17.4 Å². The summed E-state index contributed by atoms with van der Waals surface area (Å²) in [5, 5.41) is 5.98. The summed E-state index contributed by atoms with van der Waals surface area (Å²) in [6.45, 7) is 0. The zero-order chi connectivity index (χ0) is 14.1. The highest BCUT2D eigenvalue weighted by Gasteiger charge is 2.12. The van der Waals surface area contributed by atoms with Crippen LogP contribution in [0.15, 0.2) is 28.1 Å². The number of hydrogen-bond acceptors (Lipinski definition) is 6. The van der Waals surface area contributed by atoms with Crippen molar-refractivity contribution in [1.29, 1.82) is 0 Å². The summed E-state index contributed by atoms with van der Waals surface area (Å²) in [7, 11) is 0. The predicted molar refractivity (Wildman–Crippen MR) is 69.0 cm³/mol. The third-order valence-corrected chi connectivity index (χ3v) is 3.27. The molecular weight excluding hydrogens is 286 g/mol. The maximum absolute atomic E-state index is 13.1. The van der Waals surface area contributed by atoms with Gasteiger partial charge in [0.25, 0.3) is 0 Å². The van der Waals surface area contributed by atoms with Crippen LogP contribution >= 0.6 is 11.3 Å². The molecule has 0 atom stereocenters. The Hall–Kier alpha value is -2.35. The third-order valence-electron chi connectivity index (χ3n) is 2.55. The van der Waals surface area contributed by atoms with Gasteiger partial charge in [0.2, 0.25) is 11.7 Å². The molecule has 0 aliphatic rings. The minimum absolute atomic E-state index is 0.196. The molecule has 0 bridgehead atoms. The average molecular weight is 294 g/mol. The Labute approximate surface area is 116 Å². The van der Waals surface area contributed by atoms with Gasteiger partial charge in [0, 0.05) is 10.9 Å². The number of nitrogens with two attached hydrogens (primary N) is 1. The quantitative estimate of drug-likeness (QED) is 0.803. The van der Waals surface area contributed by atoms with Crippen LogP contribution in [-0.2, 0) is 6.42 Å². The smallest absolute Gasteiger partial charge is 0.233 e. The molecule has 0 radical (unpaired) electrons. The van der Waals surface area contributed by atoms with Crippen molar-refractivity contribution in [3.05, 3.63) is 46.8 Å². The molecule has 8 heteroatoms. The molecule has 5 nitrogen and oxygen atoms in total. The Bertz CT molecular complexity index is 756. The van der Waals surface area contributed by atoms with Crippen molar-refractivity contribution in [2.24, 2.45) is 0 Å². The van der Waals surface area contributed by atoms with E-state index in [1.807, 2.05) is 0 Å². The number of nitrogen functional groups attached to an aromatic ring is 1. The number of thiazole rings is 1. The lowest BCUT2D eigenvalue weighted by Gasteiger charge is -1.95. The van der Waals surface area contributed by atoms with Gasteiger partial charge in [-0.2, -0.15) is 4.98 Å². The summed E-state index contributed by atoms with van der Waals surface area (Å²) in [4.78, 5) is 8.19. The molecule has 0 unspecified atom stereocenters. The molecule has 0 saturated heterocycles. The molecule has 2 N–H and O–H groups in total. The normalized spacial score (nSPS) is 10.9. The Morgan fingerprint density at radius 2 is 2.05 bits per heavy atom. The molecular formula is C12H8F2N4OS. The van der Waals surface area contributed by atoms with Crippen molar-refractivity contribution >= 4 is 16.5 Å². The number of anilines is 1. The van der Waals surface area contributed by atoms with Crippen LogP contribution < -0.4 is 5.73 Å². The molecule has 2 aromatic heterocycles. The van der Waals surface area contributed by atoms with Gasteiger partial charge in [0.05, 0.1) is 12.1 Å². The minimum Gasteiger partial charge on any atom is -0.375 e. The van der Waals surface area contributed by atoms with Gasteiger partial charge in [0.1, 0.15) is 0 Å². The van der Waals surface area contributed by atoms with E-state index in [1.54, 1.807) is 5.38 Å². The minimum atomic E-state index is -0.957. The number of nitrogens with zero attached hydrogens (tertiary/aromatic N) is 3. The van der Waals surface area contributed by atoms with E-state index < -0.39 is 11.6 Å². The van der Waals surface area contributed by atoms with Crippen LogP contribution in [0.2, 0.25) is 0 Å². The van der Waals surface area contributed by atoms with E-state index in [2.05, 4.69) is 15.1 Å². The summed E-state index contributed by atoms with van der Waals surface area (Å²) >= 11 is 1.32. The van der Waals surface area contributed by atoms with Crippen molar-refractivity contribution in [2.75, 3.05) is 5.73 Å². The molecule has 102 valence electrons. The lowest BCUT2D eigenvalue weighted by Crippen LogP contribution is -1.91. The lowest BCUT2D eigenvalue weighted by molar-refractivity contribution is 0.385. The van der Waals surface area contributed by atoms with Gasteiger partial charge in [-0.05, 0) is 18.2 Å². The fourth-order valence-electron chi connectivity index (χ4n) is 1.64. The number of benzene rings is 1. The van der Waals surface area contributed by atoms with E-state index in [-0.39, 0.29) is 5.82 Å². The average Bonchev–Trinajstić information content (AvgIpc) is 3.03. The predicted octanol–water partition coefficient (Wildman–Crippen LogP) is 2.64. The van der Waals surface area contributed by atoms with E-state index in [0.717, 1.165) is 12.1 Å². The van der Waals surface area contributed by atoms with Gasteiger partial charge >= 0.3 is 0 Å². The van der Waals surface area contributed by atoms with Crippen LogP contribution in [0.25, 0.3) is 11.4 Å². The van der Waals surface area contributed by atoms with Gasteiger partial charge in [-0.1, -0.05) is 5.16 Å². The molecule has 3 aromatic rings. The maximum Gasteiger partial charge on any atom is 0.233 e. The molecule has 0 fully saturated rings. The molecule has 0 saturated carbocycles. The fraction of sp³-hybridized carbons (Fsp3) is 0.0833. The van der Waals surface area contributed by atoms with E-state index in [4.69, 9.17) is 10.3 Å². The Morgan fingerprint density at radius 3 is 2.75 bits per heavy atom. The van der Waals surface area contributed by atoms with Gasteiger partial charge < -0.3 is 10.3 Å². The van der Waals surface area contributed by atoms with E-state index in [0.29, 0.717) is 28.7 Å². The Kier molecular flexibility index (Phi) is 3.15. The second kappa shape index (κ2) is 4.97. The van der Waals surface area contributed by atoms with Crippen LogP contribution in [0.5, 0.6) is 0 Å². The molecule has 2 heterocycles. The van der Waals surface area contributed by atoms with Crippen LogP contribution in [0, 0.1) is 11.6 Å². The van der Waals surface area contributed by atoms with Crippen LogP contribution in [0.1, 0.15) is 11.6 Å². The summed E-state index contributed by atoms with van der Waals surface area (Å²) in [5.74, 6) is -1.35. The van der Waals surface area contributed by atoms with Crippen LogP contribution in [0.3, 0.4) is 0 Å². The van der Waals surface area contributed by atoms with Crippen molar-refractivity contribution in [1.82, 2.24) is 15.1 Å². The zero-order valence-corrected chi connectivity index (χ0v) is 10.8. The first kappa shape index (κ1) is 12.7. The highest BCUT2D eigenvalue weighted by Crippen LogP contribution is 2.20. The monoisotopic (exact) mass is 294 g/mol. The summed E-state index contributed by atoms with van der Waals surface area (Å²) < 4.78 is 31.0. The number of halogens is 2. The number of hydrogen-bond donors (Lipinski definition) is 1. The van der Waals surface area contributed by atoms with E-state index in [9.17, 15) is 8.78 Å². The second-order valence-corrected chi connectivity index (χ2v) is 4.88. The number of rotatable bonds is 3. The first-order valence-corrected chi connectivity index (χ1v) is 6.47. The van der Waals surface area contributed by atoms with Crippen molar-refractivity contribution in [2.45, 2.75) is 6.42 Å². The molecule has 1 aromatic carbocycles. The van der Waals surface area contributed by atoms with Crippen molar-refractivity contribution < 1.29 is 13.3 Å². The first-order chi connectivity index (χ1) is 9.61. The summed E-state index contributed by atoms with van der Waals surface area (Å²) in [6.07, 6.45) is 0.338. The second-order valence-electron chi connectivity index (χ2n) is 3.99. The van der Waals surface area contributed by atoms with Gasteiger partial charge in [0.15, 0.2) is 16.8 Å². The Morgan fingerprint density at radius 1 is 1.20 bits per heavy atom. The topological polar surface area (TPSA) is 77.8 Å². The molecule has 20 heavy (non-hydrogen) atoms. The van der Waals surface area contributed by atoms with Gasteiger partial charge in [-0.3, -0.25) is 0 Å². The molecule has 3 rings (SSSR count). The van der Waals surface area contributed by atoms with Crippen molar-refractivity contribution in [3.63, 3.8) is 0 Å². The van der Waals surface area contributed by atoms with Gasteiger partial charge in [-0.15, -0.1) is 11.3 Å². The maximum atomic E-state index is 13.1. The zero-order valence-electron chi connectivity index (χ0n) is 10.0. The molecule has 0 amide bonds. The number of aromatic nitrogens is 3. The standard InChI is InChI=1S/C12H8F2N4OS/c13-8-2-1-6(3-9(8)14)11-17-10(19-18-11)4-7-5-20-12(15)16-7/h1-3,5H,4H2,(H2,15,16). The van der Waals surface area contributed by atoms with E-state index >= 15 is 0 Å². The highest BCUT2D eigenvalue weighted by molar-refractivity contribution is 7.13. The summed E-state index contributed by atoms with van der Waals surface area (Å²) in [5.41, 5.74) is 6.58. The molecule has 0 spiro atoms. The highest BCUT2D eigenvalue weighted by atomic mass is 32.1. The van der Waals surface area contributed by atoms with Gasteiger partial charge in [-0.25, -0.2) is 13.8 Å². The SMILES string of the molecule is Nc1nc(Cc2nc(-c3ccc(F)c(F)c3)no2)cs1. The Balaban J connectivity index is 1.84. The molecule has 0 aliphatic heterocycles. The van der Waals surface area contributed by atoms with Crippen LogP contribution in [-0.4, -0.2) is 15.1 Å². The van der Waals surface area contributed by atoms with Crippen molar-refractivity contribution in [3.8, 4) is 11.4 Å². The fourth-order valence-corrected chi connectivity index (χ4v) is 2.20. The molecule has 0 aliphatic carbocycles.